The number of hydrogen-bond acceptors (Lipinski definition) is 3. The molecule has 0 unspecified atom stereocenters. The number of carbonyl (C=O) groups is 1. The Balaban J connectivity index is 1.65. The number of nitrogens with one attached hydrogen (secondary N) is 2. The molecule has 2 aromatic rings. The smallest absolute Gasteiger partial charge is 0.241 e. The zero-order valence-electron chi connectivity index (χ0n) is 14.7. The van der Waals surface area contributed by atoms with Gasteiger partial charge in [0.05, 0.1) is 6.04 Å². The molecule has 132 valence electrons. The first-order valence-corrected chi connectivity index (χ1v) is 8.97. The number of ether oxygens (including phenoxy) is 1. The molecule has 0 spiro atoms. The van der Waals surface area contributed by atoms with Gasteiger partial charge in [-0.3, -0.25) is 10.1 Å². The van der Waals surface area contributed by atoms with Crippen molar-refractivity contribution in [1.29, 1.82) is 0 Å². The summed E-state index contributed by atoms with van der Waals surface area (Å²) < 4.78 is 5.52. The monoisotopic (exact) mass is 338 g/mol. The van der Waals surface area contributed by atoms with E-state index in [1.54, 1.807) is 0 Å². The van der Waals surface area contributed by atoms with Crippen LogP contribution in [-0.2, 0) is 9.53 Å². The third-order valence-corrected chi connectivity index (χ3v) is 4.68. The molecule has 1 saturated heterocycles. The fourth-order valence-electron chi connectivity index (χ4n) is 3.24. The first-order valence-electron chi connectivity index (χ1n) is 8.97. The van der Waals surface area contributed by atoms with E-state index in [9.17, 15) is 4.79 Å². The number of benzene rings is 2. The summed E-state index contributed by atoms with van der Waals surface area (Å²) in [5, 5.41) is 6.48. The zero-order valence-corrected chi connectivity index (χ0v) is 14.7. The van der Waals surface area contributed by atoms with Gasteiger partial charge in [0, 0.05) is 24.9 Å². The predicted octanol–water partition coefficient (Wildman–Crippen LogP) is 3.77. The molecule has 0 aromatic heterocycles. The fourth-order valence-corrected chi connectivity index (χ4v) is 3.24. The number of para-hydroxylation sites is 1. The highest BCUT2D eigenvalue weighted by molar-refractivity contribution is 5.94. The van der Waals surface area contributed by atoms with Crippen LogP contribution in [0.25, 0.3) is 0 Å². The predicted molar refractivity (Wildman–Crippen MR) is 100 cm³/mol. The fraction of sp³-hybridized carbons (Fsp3) is 0.381. The summed E-state index contributed by atoms with van der Waals surface area (Å²) in [6.45, 7) is 3.57. The number of amides is 1. The third-order valence-electron chi connectivity index (χ3n) is 4.68. The lowest BCUT2D eigenvalue weighted by atomic mass is 9.93. The Kier molecular flexibility index (Phi) is 6.20. The maximum atomic E-state index is 12.5. The van der Waals surface area contributed by atoms with E-state index in [1.165, 1.54) is 5.56 Å². The minimum Gasteiger partial charge on any atom is -0.381 e. The molecule has 1 aliphatic heterocycles. The van der Waals surface area contributed by atoms with Gasteiger partial charge in [-0.05, 0) is 43.4 Å². The molecule has 3 atom stereocenters. The lowest BCUT2D eigenvalue weighted by Crippen LogP contribution is -2.40. The van der Waals surface area contributed by atoms with E-state index in [2.05, 4.69) is 22.8 Å². The van der Waals surface area contributed by atoms with Gasteiger partial charge in [0.2, 0.25) is 5.91 Å². The van der Waals surface area contributed by atoms with Gasteiger partial charge < -0.3 is 10.1 Å². The quantitative estimate of drug-likeness (QED) is 0.808. The van der Waals surface area contributed by atoms with Gasteiger partial charge in [0.25, 0.3) is 0 Å². The van der Waals surface area contributed by atoms with Crippen molar-refractivity contribution in [2.75, 3.05) is 18.5 Å². The van der Waals surface area contributed by atoms with Crippen LogP contribution in [0.3, 0.4) is 0 Å². The first kappa shape index (κ1) is 17.6. The highest BCUT2D eigenvalue weighted by atomic mass is 16.5. The van der Waals surface area contributed by atoms with Gasteiger partial charge in [-0.25, -0.2) is 0 Å². The van der Waals surface area contributed by atoms with Crippen molar-refractivity contribution < 1.29 is 9.53 Å². The number of hydrogen-bond donors (Lipinski definition) is 2. The van der Waals surface area contributed by atoms with E-state index in [-0.39, 0.29) is 18.0 Å². The molecule has 4 nitrogen and oxygen atoms in total. The second-order valence-corrected chi connectivity index (χ2v) is 6.67. The standard InChI is InChI=1S/C21H26N2O2/c1-16(21(24)23-19-10-6-3-7-11-19)22-20(14-17-12-13-25-15-17)18-8-4-2-5-9-18/h2-11,16-17,20,22H,12-15H2,1H3,(H,23,24)/t16-,17+,20-/m0/s1. The Morgan fingerprint density at radius 3 is 2.44 bits per heavy atom. The molecule has 0 bridgehead atoms. The molecule has 1 fully saturated rings. The van der Waals surface area contributed by atoms with Crippen molar-refractivity contribution >= 4 is 11.6 Å². The minimum atomic E-state index is -0.285. The van der Waals surface area contributed by atoms with Crippen molar-refractivity contribution in [1.82, 2.24) is 5.32 Å². The topological polar surface area (TPSA) is 50.4 Å². The van der Waals surface area contributed by atoms with E-state index < -0.39 is 0 Å². The van der Waals surface area contributed by atoms with Crippen LogP contribution in [0.5, 0.6) is 0 Å². The van der Waals surface area contributed by atoms with Gasteiger partial charge >= 0.3 is 0 Å². The van der Waals surface area contributed by atoms with E-state index in [4.69, 9.17) is 4.74 Å². The Morgan fingerprint density at radius 2 is 1.80 bits per heavy atom. The molecule has 1 heterocycles. The van der Waals surface area contributed by atoms with Gasteiger partial charge in [-0.1, -0.05) is 48.5 Å². The van der Waals surface area contributed by atoms with E-state index in [1.807, 2.05) is 55.5 Å². The van der Waals surface area contributed by atoms with Crippen LogP contribution >= 0.6 is 0 Å². The molecule has 2 aromatic carbocycles. The second kappa shape index (κ2) is 8.79. The average molecular weight is 338 g/mol. The third kappa shape index (κ3) is 5.15. The van der Waals surface area contributed by atoms with Crippen LogP contribution in [0.1, 0.15) is 31.4 Å². The van der Waals surface area contributed by atoms with Gasteiger partial charge in [0.1, 0.15) is 0 Å². The van der Waals surface area contributed by atoms with Crippen LogP contribution in [0, 0.1) is 5.92 Å². The Morgan fingerprint density at radius 1 is 1.12 bits per heavy atom. The Bertz CT molecular complexity index is 654. The summed E-state index contributed by atoms with van der Waals surface area (Å²) in [7, 11) is 0. The molecule has 0 aliphatic carbocycles. The van der Waals surface area contributed by atoms with Crippen LogP contribution in [0.2, 0.25) is 0 Å². The summed E-state index contributed by atoms with van der Waals surface area (Å²) in [5.41, 5.74) is 2.04. The second-order valence-electron chi connectivity index (χ2n) is 6.67. The highest BCUT2D eigenvalue weighted by Gasteiger charge is 2.24. The molecule has 3 rings (SSSR count). The maximum Gasteiger partial charge on any atom is 0.241 e. The normalized spacial score (nSPS) is 19.3. The summed E-state index contributed by atoms with van der Waals surface area (Å²) in [6, 6.07) is 19.8. The number of carbonyl (C=O) groups excluding carboxylic acids is 1. The Labute approximate surface area is 149 Å². The average Bonchev–Trinajstić information content (AvgIpc) is 3.16. The number of rotatable bonds is 7. The van der Waals surface area contributed by atoms with Gasteiger partial charge in [-0.15, -0.1) is 0 Å². The van der Waals surface area contributed by atoms with Crippen molar-refractivity contribution in [2.45, 2.75) is 31.8 Å². The van der Waals surface area contributed by atoms with Crippen LogP contribution in [0.15, 0.2) is 60.7 Å². The summed E-state index contributed by atoms with van der Waals surface area (Å²) in [5.74, 6) is 0.525. The molecule has 0 radical (unpaired) electrons. The molecule has 25 heavy (non-hydrogen) atoms. The van der Waals surface area contributed by atoms with Crippen LogP contribution in [-0.4, -0.2) is 25.2 Å². The molecule has 1 amide bonds. The van der Waals surface area contributed by atoms with Crippen molar-refractivity contribution in [3.8, 4) is 0 Å². The molecule has 4 heteroatoms. The molecule has 2 N–H and O–H groups in total. The van der Waals surface area contributed by atoms with E-state index >= 15 is 0 Å². The van der Waals surface area contributed by atoms with Crippen LogP contribution in [0.4, 0.5) is 5.69 Å². The van der Waals surface area contributed by atoms with Crippen molar-refractivity contribution in [3.05, 3.63) is 66.2 Å². The molecular formula is C21H26N2O2. The minimum absolute atomic E-state index is 0.0187. The van der Waals surface area contributed by atoms with Gasteiger partial charge in [-0.2, -0.15) is 0 Å². The molecule has 0 saturated carbocycles. The zero-order chi connectivity index (χ0) is 17.5. The van der Waals surface area contributed by atoms with E-state index in [0.29, 0.717) is 5.92 Å². The summed E-state index contributed by atoms with van der Waals surface area (Å²) in [6.07, 6.45) is 2.07. The maximum absolute atomic E-state index is 12.5. The molecular weight excluding hydrogens is 312 g/mol. The van der Waals surface area contributed by atoms with Crippen LogP contribution < -0.4 is 10.6 Å². The number of anilines is 1. The SMILES string of the molecule is C[C@H](N[C@@H](C[C@H]1CCOC1)c1ccccc1)C(=O)Nc1ccccc1. The van der Waals surface area contributed by atoms with Gasteiger partial charge in [0.15, 0.2) is 0 Å². The van der Waals surface area contributed by atoms with Crippen molar-refractivity contribution in [2.24, 2.45) is 5.92 Å². The summed E-state index contributed by atoms with van der Waals surface area (Å²) >= 11 is 0. The first-order chi connectivity index (χ1) is 12.2. The lowest BCUT2D eigenvalue weighted by molar-refractivity contribution is -0.118. The summed E-state index contributed by atoms with van der Waals surface area (Å²) in [4.78, 5) is 12.5. The highest BCUT2D eigenvalue weighted by Crippen LogP contribution is 2.27. The largest absolute Gasteiger partial charge is 0.381 e. The van der Waals surface area contributed by atoms with E-state index in [0.717, 1.165) is 31.7 Å². The molecule has 1 aliphatic rings. The Hall–Kier alpha value is -2.17. The lowest BCUT2D eigenvalue weighted by Gasteiger charge is -2.25. The van der Waals surface area contributed by atoms with Crippen molar-refractivity contribution in [3.63, 3.8) is 0 Å².